The number of ether oxygens (including phenoxy) is 1. The molecule has 5 nitrogen and oxygen atoms in total. The van der Waals surface area contributed by atoms with E-state index in [1.807, 2.05) is 0 Å². The fourth-order valence-electron chi connectivity index (χ4n) is 1.24. The normalized spacial score (nSPS) is 10.5. The molecular formula is C9H9F2NO4. The van der Waals surface area contributed by atoms with Crippen LogP contribution in [0.3, 0.4) is 0 Å². The second-order valence-electron chi connectivity index (χ2n) is 2.97. The zero-order valence-corrected chi connectivity index (χ0v) is 8.29. The largest absolute Gasteiger partial charge is 0.491 e. The van der Waals surface area contributed by atoms with Gasteiger partial charge in [0.05, 0.1) is 24.9 Å². The first-order valence-corrected chi connectivity index (χ1v) is 4.25. The maximum absolute atomic E-state index is 12.3. The van der Waals surface area contributed by atoms with Crippen molar-refractivity contribution in [3.8, 4) is 5.75 Å². The van der Waals surface area contributed by atoms with Crippen LogP contribution in [0.2, 0.25) is 0 Å². The van der Waals surface area contributed by atoms with Crippen molar-refractivity contribution in [3.05, 3.63) is 27.7 Å². The molecule has 0 aromatic carbocycles. The summed E-state index contributed by atoms with van der Waals surface area (Å²) in [7, 11) is 1.16. The highest BCUT2D eigenvalue weighted by Crippen LogP contribution is 2.19. The van der Waals surface area contributed by atoms with E-state index in [0.717, 1.165) is 7.11 Å². The Morgan fingerprint density at radius 2 is 2.25 bits per heavy atom. The Hall–Kier alpha value is -1.92. The summed E-state index contributed by atoms with van der Waals surface area (Å²) in [6.07, 6.45) is -3.45. The molecule has 0 unspecified atom stereocenters. The Bertz CT molecular complexity index is 455. The quantitative estimate of drug-likeness (QED) is 0.811. The molecule has 0 fully saturated rings. The number of hydrogen-bond acceptors (Lipinski definition) is 3. The van der Waals surface area contributed by atoms with Gasteiger partial charge < -0.3 is 14.8 Å². The third-order valence-corrected chi connectivity index (χ3v) is 1.85. The standard InChI is InChI=1S/C9H9F2NO4/c1-16-8-4(3-7(14)15)12-5(9(10)11)2-6(8)13/h2,9H,3H2,1H3,(H,12,13)(H,14,15). The number of carboxylic acid groups (broad SMARTS) is 1. The van der Waals surface area contributed by atoms with Crippen molar-refractivity contribution >= 4 is 5.97 Å². The molecule has 0 saturated carbocycles. The fourth-order valence-corrected chi connectivity index (χ4v) is 1.24. The molecule has 88 valence electrons. The molecule has 0 amide bonds. The van der Waals surface area contributed by atoms with Crippen LogP contribution >= 0.6 is 0 Å². The number of aromatic amines is 1. The predicted octanol–water partition coefficient (Wildman–Crippen LogP) is 0.948. The van der Waals surface area contributed by atoms with Crippen LogP contribution in [-0.4, -0.2) is 23.2 Å². The summed E-state index contributed by atoms with van der Waals surface area (Å²) in [5, 5.41) is 8.54. The number of aromatic nitrogens is 1. The van der Waals surface area contributed by atoms with Gasteiger partial charge in [-0.05, 0) is 0 Å². The summed E-state index contributed by atoms with van der Waals surface area (Å²) < 4.78 is 29.3. The molecule has 7 heteroatoms. The molecule has 0 aliphatic heterocycles. The van der Waals surface area contributed by atoms with Crippen molar-refractivity contribution in [1.82, 2.24) is 4.98 Å². The Labute approximate surface area is 88.7 Å². The van der Waals surface area contributed by atoms with Crippen molar-refractivity contribution in [2.75, 3.05) is 7.11 Å². The van der Waals surface area contributed by atoms with E-state index in [1.165, 1.54) is 0 Å². The zero-order valence-electron chi connectivity index (χ0n) is 8.29. The van der Waals surface area contributed by atoms with Crippen molar-refractivity contribution in [1.29, 1.82) is 0 Å². The first-order chi connectivity index (χ1) is 7.45. The van der Waals surface area contributed by atoms with E-state index in [-0.39, 0.29) is 11.4 Å². The van der Waals surface area contributed by atoms with Crippen molar-refractivity contribution in [3.63, 3.8) is 0 Å². The molecule has 1 heterocycles. The average Bonchev–Trinajstić information content (AvgIpc) is 2.16. The highest BCUT2D eigenvalue weighted by Gasteiger charge is 2.17. The second-order valence-corrected chi connectivity index (χ2v) is 2.97. The molecule has 0 spiro atoms. The highest BCUT2D eigenvalue weighted by atomic mass is 19.3. The number of aliphatic carboxylic acids is 1. The van der Waals surface area contributed by atoms with E-state index in [2.05, 4.69) is 9.72 Å². The third-order valence-electron chi connectivity index (χ3n) is 1.85. The van der Waals surface area contributed by atoms with Gasteiger partial charge >= 0.3 is 5.97 Å². The molecule has 2 N–H and O–H groups in total. The minimum absolute atomic E-state index is 0.169. The van der Waals surface area contributed by atoms with E-state index in [9.17, 15) is 18.4 Å². The van der Waals surface area contributed by atoms with Gasteiger partial charge in [0.15, 0.2) is 5.75 Å². The zero-order chi connectivity index (χ0) is 12.3. The monoisotopic (exact) mass is 233 g/mol. The van der Waals surface area contributed by atoms with Gasteiger partial charge in [-0.2, -0.15) is 0 Å². The first-order valence-electron chi connectivity index (χ1n) is 4.25. The maximum atomic E-state index is 12.3. The molecule has 0 atom stereocenters. The number of H-pyrrole nitrogens is 1. The molecule has 0 bridgehead atoms. The number of pyridine rings is 1. The smallest absolute Gasteiger partial charge is 0.309 e. The predicted molar refractivity (Wildman–Crippen MR) is 49.9 cm³/mol. The van der Waals surface area contributed by atoms with E-state index in [0.29, 0.717) is 6.07 Å². The van der Waals surface area contributed by atoms with Crippen LogP contribution in [-0.2, 0) is 11.2 Å². The number of methoxy groups -OCH3 is 1. The third kappa shape index (κ3) is 2.56. The fraction of sp³-hybridized carbons (Fsp3) is 0.333. The van der Waals surface area contributed by atoms with E-state index in [4.69, 9.17) is 5.11 Å². The van der Waals surface area contributed by atoms with Gasteiger partial charge in [-0.3, -0.25) is 9.59 Å². The van der Waals surface area contributed by atoms with Gasteiger partial charge in [0, 0.05) is 6.07 Å². The summed E-state index contributed by atoms with van der Waals surface area (Å²) in [4.78, 5) is 24.0. The van der Waals surface area contributed by atoms with E-state index < -0.39 is 29.9 Å². The summed E-state index contributed by atoms with van der Waals surface area (Å²) in [5.74, 6) is -1.51. The van der Waals surface area contributed by atoms with E-state index >= 15 is 0 Å². The lowest BCUT2D eigenvalue weighted by molar-refractivity contribution is -0.136. The van der Waals surface area contributed by atoms with Crippen LogP contribution in [0, 0.1) is 0 Å². The first kappa shape index (κ1) is 12.2. The van der Waals surface area contributed by atoms with Crippen molar-refractivity contribution < 1.29 is 23.4 Å². The van der Waals surface area contributed by atoms with Crippen LogP contribution in [0.1, 0.15) is 17.8 Å². The van der Waals surface area contributed by atoms with Crippen LogP contribution in [0.15, 0.2) is 10.9 Å². The molecule has 16 heavy (non-hydrogen) atoms. The van der Waals surface area contributed by atoms with Gasteiger partial charge in [-0.15, -0.1) is 0 Å². The Balaban J connectivity index is 3.30. The van der Waals surface area contributed by atoms with Gasteiger partial charge in [0.1, 0.15) is 0 Å². The lowest BCUT2D eigenvalue weighted by atomic mass is 10.2. The second kappa shape index (κ2) is 4.73. The number of nitrogens with one attached hydrogen (secondary N) is 1. The number of rotatable bonds is 4. The number of carboxylic acids is 1. The lowest BCUT2D eigenvalue weighted by Crippen LogP contribution is -2.15. The van der Waals surface area contributed by atoms with Gasteiger partial charge in [-0.25, -0.2) is 8.78 Å². The van der Waals surface area contributed by atoms with Crippen molar-refractivity contribution in [2.45, 2.75) is 12.8 Å². The summed E-state index contributed by atoms with van der Waals surface area (Å²) >= 11 is 0. The van der Waals surface area contributed by atoms with Gasteiger partial charge in [0.2, 0.25) is 5.43 Å². The van der Waals surface area contributed by atoms with Gasteiger partial charge in [-0.1, -0.05) is 0 Å². The van der Waals surface area contributed by atoms with Crippen LogP contribution in [0.5, 0.6) is 5.75 Å². The molecule has 1 rings (SSSR count). The average molecular weight is 233 g/mol. The Kier molecular flexibility index (Phi) is 3.60. The molecule has 1 aromatic heterocycles. The minimum Gasteiger partial charge on any atom is -0.491 e. The maximum Gasteiger partial charge on any atom is 0.309 e. The van der Waals surface area contributed by atoms with E-state index in [1.54, 1.807) is 0 Å². The number of alkyl halides is 2. The molecular weight excluding hydrogens is 224 g/mol. The van der Waals surface area contributed by atoms with Crippen molar-refractivity contribution in [2.24, 2.45) is 0 Å². The van der Waals surface area contributed by atoms with Crippen LogP contribution < -0.4 is 10.2 Å². The summed E-state index contributed by atoms with van der Waals surface area (Å²) in [6, 6.07) is 0.689. The lowest BCUT2D eigenvalue weighted by Gasteiger charge is -2.08. The topological polar surface area (TPSA) is 79.4 Å². The van der Waals surface area contributed by atoms with Crippen LogP contribution in [0.25, 0.3) is 0 Å². The molecule has 0 saturated heterocycles. The number of hydrogen-bond donors (Lipinski definition) is 2. The molecule has 0 radical (unpaired) electrons. The highest BCUT2D eigenvalue weighted by molar-refractivity contribution is 5.70. The van der Waals surface area contributed by atoms with Crippen LogP contribution in [0.4, 0.5) is 8.78 Å². The molecule has 0 aliphatic rings. The molecule has 1 aromatic rings. The Morgan fingerprint density at radius 3 is 2.69 bits per heavy atom. The minimum atomic E-state index is -2.87. The summed E-state index contributed by atoms with van der Waals surface area (Å²) in [5.41, 5.74) is -1.56. The van der Waals surface area contributed by atoms with Gasteiger partial charge in [0.25, 0.3) is 6.43 Å². The Morgan fingerprint density at radius 1 is 1.62 bits per heavy atom. The SMILES string of the molecule is COc1c(CC(=O)O)[nH]c(C(F)F)cc1=O. The summed E-state index contributed by atoms with van der Waals surface area (Å²) in [6.45, 7) is 0. The number of carbonyl (C=O) groups is 1. The molecule has 0 aliphatic carbocycles. The number of halogens is 2.